The highest BCUT2D eigenvalue weighted by Crippen LogP contribution is 2.38. The van der Waals surface area contributed by atoms with E-state index in [9.17, 15) is 9.59 Å². The first-order valence-corrected chi connectivity index (χ1v) is 13.2. The number of hydrogen-bond acceptors (Lipinski definition) is 5. The molecule has 1 aliphatic rings. The molecule has 1 aromatic heterocycles. The van der Waals surface area contributed by atoms with Crippen LogP contribution in [-0.4, -0.2) is 46.3 Å². The van der Waals surface area contributed by atoms with Gasteiger partial charge in [0.15, 0.2) is 5.13 Å². The Labute approximate surface area is 203 Å². The molecule has 5 nitrogen and oxygen atoms in total. The lowest BCUT2D eigenvalue weighted by Gasteiger charge is -2.35. The molecule has 172 valence electrons. The fourth-order valence-electron chi connectivity index (χ4n) is 4.29. The summed E-state index contributed by atoms with van der Waals surface area (Å²) in [6, 6.07) is 20.1. The SMILES string of the molecule is CC1CC(C)CN(C(=O)CSCC(=O)Nc2nc(-c3ccccc3)c(-c3ccccc3)s2)C1. The Kier molecular flexibility index (Phi) is 7.83. The smallest absolute Gasteiger partial charge is 0.236 e. The van der Waals surface area contributed by atoms with Crippen molar-refractivity contribution in [2.75, 3.05) is 29.9 Å². The average molecular weight is 480 g/mol. The number of anilines is 1. The number of carbonyl (C=O) groups is 2. The molecular weight excluding hydrogens is 450 g/mol. The van der Waals surface area contributed by atoms with Gasteiger partial charge in [0.05, 0.1) is 22.1 Å². The zero-order valence-corrected chi connectivity index (χ0v) is 20.6. The molecule has 1 aliphatic heterocycles. The maximum absolute atomic E-state index is 12.6. The molecule has 3 aromatic rings. The van der Waals surface area contributed by atoms with E-state index in [0.717, 1.165) is 34.8 Å². The minimum Gasteiger partial charge on any atom is -0.341 e. The summed E-state index contributed by atoms with van der Waals surface area (Å²) in [6.45, 7) is 6.02. The van der Waals surface area contributed by atoms with Crippen molar-refractivity contribution in [3.63, 3.8) is 0 Å². The standard InChI is InChI=1S/C26H29N3O2S2/c1-18-13-19(2)15-29(14-18)23(31)17-32-16-22(30)27-26-28-24(20-9-5-3-6-10-20)25(33-26)21-11-7-4-8-12-21/h3-12,18-19H,13-17H2,1-2H3,(H,27,28,30). The van der Waals surface area contributed by atoms with E-state index in [2.05, 4.69) is 31.3 Å². The maximum Gasteiger partial charge on any atom is 0.236 e. The van der Waals surface area contributed by atoms with E-state index < -0.39 is 0 Å². The highest BCUT2D eigenvalue weighted by atomic mass is 32.2. The molecule has 1 N–H and O–H groups in total. The summed E-state index contributed by atoms with van der Waals surface area (Å²) in [6.07, 6.45) is 1.17. The van der Waals surface area contributed by atoms with Gasteiger partial charge in [0, 0.05) is 18.7 Å². The van der Waals surface area contributed by atoms with Crippen LogP contribution in [0, 0.1) is 11.8 Å². The summed E-state index contributed by atoms with van der Waals surface area (Å²) in [5.74, 6) is 1.61. The van der Waals surface area contributed by atoms with Crippen LogP contribution in [0.5, 0.6) is 0 Å². The third kappa shape index (κ3) is 6.24. The predicted octanol–water partition coefficient (Wildman–Crippen LogP) is 5.65. The Morgan fingerprint density at radius 2 is 1.58 bits per heavy atom. The zero-order chi connectivity index (χ0) is 23.2. The van der Waals surface area contributed by atoms with Gasteiger partial charge in [0.1, 0.15) is 0 Å². The van der Waals surface area contributed by atoms with Gasteiger partial charge in [-0.25, -0.2) is 4.98 Å². The van der Waals surface area contributed by atoms with Crippen molar-refractivity contribution in [2.45, 2.75) is 20.3 Å². The van der Waals surface area contributed by atoms with E-state index in [1.165, 1.54) is 29.5 Å². The first-order chi connectivity index (χ1) is 16.0. The second-order valence-corrected chi connectivity index (χ2v) is 10.7. The van der Waals surface area contributed by atoms with E-state index in [-0.39, 0.29) is 17.6 Å². The first-order valence-electron chi connectivity index (χ1n) is 11.3. The number of thiazole rings is 1. The van der Waals surface area contributed by atoms with Gasteiger partial charge in [0.2, 0.25) is 11.8 Å². The van der Waals surface area contributed by atoms with Crippen molar-refractivity contribution >= 4 is 40.0 Å². The molecule has 2 unspecified atom stereocenters. The number of aromatic nitrogens is 1. The molecule has 2 atom stereocenters. The number of carbonyl (C=O) groups excluding carboxylic acids is 2. The largest absolute Gasteiger partial charge is 0.341 e. The fraction of sp³-hybridized carbons (Fsp3) is 0.346. The van der Waals surface area contributed by atoms with Crippen molar-refractivity contribution in [3.8, 4) is 21.7 Å². The summed E-state index contributed by atoms with van der Waals surface area (Å²) in [7, 11) is 0. The molecule has 0 spiro atoms. The number of hydrogen-bond donors (Lipinski definition) is 1. The van der Waals surface area contributed by atoms with E-state index in [1.807, 2.05) is 53.4 Å². The van der Waals surface area contributed by atoms with Crippen LogP contribution in [0.3, 0.4) is 0 Å². The number of amides is 2. The number of piperidine rings is 1. The highest BCUT2D eigenvalue weighted by molar-refractivity contribution is 8.00. The third-order valence-corrected chi connectivity index (χ3v) is 7.57. The molecule has 4 rings (SSSR count). The van der Waals surface area contributed by atoms with Crippen molar-refractivity contribution in [2.24, 2.45) is 11.8 Å². The minimum atomic E-state index is -0.138. The molecule has 0 radical (unpaired) electrons. The van der Waals surface area contributed by atoms with Crippen LogP contribution in [0.4, 0.5) is 5.13 Å². The van der Waals surface area contributed by atoms with Crippen LogP contribution in [0.1, 0.15) is 20.3 Å². The van der Waals surface area contributed by atoms with E-state index in [4.69, 9.17) is 4.98 Å². The lowest BCUT2D eigenvalue weighted by atomic mass is 9.92. The van der Waals surface area contributed by atoms with Crippen molar-refractivity contribution in [1.82, 2.24) is 9.88 Å². The Morgan fingerprint density at radius 1 is 0.970 bits per heavy atom. The lowest BCUT2D eigenvalue weighted by molar-refractivity contribution is -0.130. The first kappa shape index (κ1) is 23.5. The number of thioether (sulfide) groups is 1. The van der Waals surface area contributed by atoms with Gasteiger partial charge < -0.3 is 10.2 Å². The van der Waals surface area contributed by atoms with E-state index >= 15 is 0 Å². The van der Waals surface area contributed by atoms with Gasteiger partial charge in [-0.1, -0.05) is 85.8 Å². The summed E-state index contributed by atoms with van der Waals surface area (Å²) >= 11 is 2.83. The second kappa shape index (κ2) is 11.0. The molecular formula is C26H29N3O2S2. The number of likely N-dealkylation sites (tertiary alicyclic amines) is 1. The van der Waals surface area contributed by atoms with E-state index in [1.54, 1.807) is 0 Å². The molecule has 1 fully saturated rings. The van der Waals surface area contributed by atoms with Crippen LogP contribution in [0.25, 0.3) is 21.7 Å². The van der Waals surface area contributed by atoms with Crippen LogP contribution in [0.15, 0.2) is 60.7 Å². The van der Waals surface area contributed by atoms with Crippen LogP contribution < -0.4 is 5.32 Å². The van der Waals surface area contributed by atoms with Crippen molar-refractivity contribution in [1.29, 1.82) is 0 Å². The summed E-state index contributed by atoms with van der Waals surface area (Å²) in [5.41, 5.74) is 2.94. The quantitative estimate of drug-likeness (QED) is 0.475. The summed E-state index contributed by atoms with van der Waals surface area (Å²) in [5, 5.41) is 3.50. The molecule has 7 heteroatoms. The Morgan fingerprint density at radius 3 is 2.21 bits per heavy atom. The third-order valence-electron chi connectivity index (χ3n) is 5.64. The highest BCUT2D eigenvalue weighted by Gasteiger charge is 2.25. The molecule has 2 aromatic carbocycles. The van der Waals surface area contributed by atoms with Crippen molar-refractivity contribution in [3.05, 3.63) is 60.7 Å². The summed E-state index contributed by atoms with van der Waals surface area (Å²) in [4.78, 5) is 32.8. The normalized spacial score (nSPS) is 18.2. The van der Waals surface area contributed by atoms with Gasteiger partial charge in [0.25, 0.3) is 0 Å². The zero-order valence-electron chi connectivity index (χ0n) is 19.0. The van der Waals surface area contributed by atoms with Crippen molar-refractivity contribution < 1.29 is 9.59 Å². The lowest BCUT2D eigenvalue weighted by Crippen LogP contribution is -2.43. The number of benzene rings is 2. The molecule has 33 heavy (non-hydrogen) atoms. The van der Waals surface area contributed by atoms with Gasteiger partial charge in [-0.05, 0) is 23.8 Å². The van der Waals surface area contributed by atoms with Gasteiger partial charge in [-0.3, -0.25) is 9.59 Å². The van der Waals surface area contributed by atoms with Crippen LogP contribution in [-0.2, 0) is 9.59 Å². The molecule has 0 saturated carbocycles. The van der Waals surface area contributed by atoms with Gasteiger partial charge in [-0.15, -0.1) is 11.8 Å². The molecule has 0 aliphatic carbocycles. The van der Waals surface area contributed by atoms with Gasteiger partial charge >= 0.3 is 0 Å². The number of nitrogens with zero attached hydrogens (tertiary/aromatic N) is 2. The average Bonchev–Trinajstić information content (AvgIpc) is 3.23. The molecule has 2 amide bonds. The Hall–Kier alpha value is -2.64. The fourth-order valence-corrected chi connectivity index (χ4v) is 6.02. The Bertz CT molecular complexity index is 1020. The number of nitrogens with one attached hydrogen (secondary N) is 1. The minimum absolute atomic E-state index is 0.123. The summed E-state index contributed by atoms with van der Waals surface area (Å²) < 4.78 is 0. The number of rotatable bonds is 7. The molecule has 0 bridgehead atoms. The monoisotopic (exact) mass is 479 g/mol. The van der Waals surface area contributed by atoms with Crippen LogP contribution in [0.2, 0.25) is 0 Å². The molecule has 1 saturated heterocycles. The van der Waals surface area contributed by atoms with E-state index in [0.29, 0.717) is 22.7 Å². The van der Waals surface area contributed by atoms with Gasteiger partial charge in [-0.2, -0.15) is 0 Å². The van der Waals surface area contributed by atoms with Crippen LogP contribution >= 0.6 is 23.1 Å². The molecule has 2 heterocycles. The predicted molar refractivity (Wildman–Crippen MR) is 138 cm³/mol. The maximum atomic E-state index is 12.6. The second-order valence-electron chi connectivity index (χ2n) is 8.71. The Balaban J connectivity index is 1.38. The topological polar surface area (TPSA) is 62.3 Å².